The number of carboxylic acids is 1. The number of carboxylic acid groups (broad SMARTS) is 1. The van der Waals surface area contributed by atoms with Crippen molar-refractivity contribution < 1.29 is 14.7 Å². The van der Waals surface area contributed by atoms with Crippen LogP contribution >= 0.6 is 12.6 Å². The third-order valence-corrected chi connectivity index (χ3v) is 5.27. The Morgan fingerprint density at radius 3 is 1.74 bits per heavy atom. The fraction of sp³-hybridized carbons (Fsp3) is 0.429. The first-order chi connectivity index (χ1) is 8.55. The van der Waals surface area contributed by atoms with Gasteiger partial charge in [-0.05, 0) is 24.6 Å². The summed E-state index contributed by atoms with van der Waals surface area (Å²) in [5.41, 5.74) is 1.24. The van der Waals surface area contributed by atoms with Gasteiger partial charge >= 0.3 is 0 Å². The van der Waals surface area contributed by atoms with Crippen LogP contribution in [-0.4, -0.2) is 24.9 Å². The molecule has 0 fully saturated rings. The maximum Gasteiger partial charge on any atom is 0.300 e. The van der Waals surface area contributed by atoms with Crippen molar-refractivity contribution in [2.45, 2.75) is 43.9 Å². The summed E-state index contributed by atoms with van der Waals surface area (Å²) in [6, 6.07) is 7.95. The van der Waals surface area contributed by atoms with Crippen LogP contribution in [0.15, 0.2) is 29.2 Å². The van der Waals surface area contributed by atoms with Gasteiger partial charge in [0.2, 0.25) is 0 Å². The highest BCUT2D eigenvalue weighted by Crippen LogP contribution is 2.28. The molecule has 1 unspecified atom stereocenters. The monoisotopic (exact) mass is 298 g/mol. The highest BCUT2D eigenvalue weighted by Gasteiger charge is 2.31. The average molecular weight is 298 g/mol. The SMILES string of the molecule is CC(=O)C(c1ccc(S)cc1)[Si](C)(C)C.CC(=O)O. The summed E-state index contributed by atoms with van der Waals surface area (Å²) >= 11 is 4.25. The molecule has 0 saturated heterocycles. The number of rotatable bonds is 3. The lowest BCUT2D eigenvalue weighted by molar-refractivity contribution is -0.134. The molecule has 3 nitrogen and oxygen atoms in total. The second kappa shape index (κ2) is 7.50. The maximum atomic E-state index is 11.7. The van der Waals surface area contributed by atoms with Gasteiger partial charge < -0.3 is 5.11 Å². The molecule has 1 aromatic rings. The Kier molecular flexibility index (Phi) is 7.08. The van der Waals surface area contributed by atoms with Gasteiger partial charge in [-0.3, -0.25) is 9.59 Å². The van der Waals surface area contributed by atoms with Gasteiger partial charge in [0, 0.05) is 17.4 Å². The third kappa shape index (κ3) is 7.18. The van der Waals surface area contributed by atoms with E-state index in [1.54, 1.807) is 6.92 Å². The number of hydrogen-bond donors (Lipinski definition) is 2. The molecule has 106 valence electrons. The summed E-state index contributed by atoms with van der Waals surface area (Å²) in [5.74, 6) is -0.555. The Morgan fingerprint density at radius 1 is 1.11 bits per heavy atom. The van der Waals surface area contributed by atoms with Crippen LogP contribution in [0.2, 0.25) is 19.6 Å². The molecule has 19 heavy (non-hydrogen) atoms. The second-order valence-electron chi connectivity index (χ2n) is 5.52. The number of carbonyl (C=O) groups excluding carboxylic acids is 1. The Morgan fingerprint density at radius 2 is 1.47 bits per heavy atom. The van der Waals surface area contributed by atoms with Crippen molar-refractivity contribution in [3.05, 3.63) is 29.8 Å². The molecule has 1 rings (SSSR count). The van der Waals surface area contributed by atoms with Gasteiger partial charge in [-0.1, -0.05) is 31.8 Å². The predicted octanol–water partition coefficient (Wildman–Crippen LogP) is 3.62. The summed E-state index contributed by atoms with van der Waals surface area (Å²) in [4.78, 5) is 21.6. The molecule has 0 amide bonds. The zero-order valence-electron chi connectivity index (χ0n) is 12.1. The fourth-order valence-corrected chi connectivity index (χ4v) is 4.57. The van der Waals surface area contributed by atoms with Gasteiger partial charge in [0.05, 0.1) is 8.07 Å². The standard InChI is InChI=1S/C12H18OSSi.C2H4O2/c1-9(13)12(15(2,3)4)10-5-7-11(14)8-6-10;1-2(3)4/h5-8,12,14H,1-4H3;1H3,(H,3,4). The van der Waals surface area contributed by atoms with Crippen LogP contribution in [0.3, 0.4) is 0 Å². The van der Waals surface area contributed by atoms with Gasteiger partial charge in [-0.15, -0.1) is 12.6 Å². The van der Waals surface area contributed by atoms with Gasteiger partial charge in [0.1, 0.15) is 5.78 Å². The topological polar surface area (TPSA) is 54.4 Å². The normalized spacial score (nSPS) is 12.1. The Labute approximate surface area is 121 Å². The first-order valence-electron chi connectivity index (χ1n) is 6.04. The van der Waals surface area contributed by atoms with Gasteiger partial charge in [-0.2, -0.15) is 0 Å². The predicted molar refractivity (Wildman–Crippen MR) is 83.8 cm³/mol. The van der Waals surface area contributed by atoms with Crippen molar-refractivity contribution in [3.63, 3.8) is 0 Å². The lowest BCUT2D eigenvalue weighted by Crippen LogP contribution is -2.35. The molecule has 0 aliphatic rings. The quantitative estimate of drug-likeness (QED) is 0.662. The smallest absolute Gasteiger partial charge is 0.300 e. The van der Waals surface area contributed by atoms with Crippen molar-refractivity contribution in [2.24, 2.45) is 0 Å². The number of thiol groups is 1. The number of aliphatic carboxylic acids is 1. The van der Waals surface area contributed by atoms with Crippen molar-refractivity contribution >= 4 is 32.5 Å². The number of carbonyl (C=O) groups is 2. The fourth-order valence-electron chi connectivity index (χ4n) is 2.01. The molecule has 0 heterocycles. The first kappa shape index (κ1) is 17.9. The van der Waals surface area contributed by atoms with Crippen molar-refractivity contribution in [1.29, 1.82) is 0 Å². The number of ketones is 1. The summed E-state index contributed by atoms with van der Waals surface area (Å²) in [7, 11) is -1.48. The molecule has 1 atom stereocenters. The number of Topliss-reactive ketones (excluding diaryl/α,β-unsaturated/α-hetero) is 1. The highest BCUT2D eigenvalue weighted by molar-refractivity contribution is 7.80. The van der Waals surface area contributed by atoms with Crippen LogP contribution in [0.1, 0.15) is 25.0 Å². The molecule has 0 radical (unpaired) electrons. The van der Waals surface area contributed by atoms with E-state index in [9.17, 15) is 4.79 Å². The second-order valence-corrected chi connectivity index (χ2v) is 11.3. The minimum Gasteiger partial charge on any atom is -0.481 e. The van der Waals surface area contributed by atoms with E-state index < -0.39 is 14.0 Å². The van der Waals surface area contributed by atoms with Crippen molar-refractivity contribution in [3.8, 4) is 0 Å². The van der Waals surface area contributed by atoms with Gasteiger partial charge in [-0.25, -0.2) is 0 Å². The van der Waals surface area contributed by atoms with Crippen LogP contribution in [-0.2, 0) is 9.59 Å². The zero-order valence-corrected chi connectivity index (χ0v) is 14.0. The van der Waals surface area contributed by atoms with Crippen LogP contribution in [0.25, 0.3) is 0 Å². The van der Waals surface area contributed by atoms with E-state index in [2.05, 4.69) is 32.3 Å². The molecule has 1 N–H and O–H groups in total. The lowest BCUT2D eigenvalue weighted by atomic mass is 10.1. The average Bonchev–Trinajstić information content (AvgIpc) is 2.17. The highest BCUT2D eigenvalue weighted by atomic mass is 32.1. The first-order valence-corrected chi connectivity index (χ1v) is 10.1. The minimum atomic E-state index is -1.48. The van der Waals surface area contributed by atoms with E-state index in [0.29, 0.717) is 0 Å². The third-order valence-electron chi connectivity index (χ3n) is 2.50. The van der Waals surface area contributed by atoms with E-state index in [4.69, 9.17) is 9.90 Å². The van der Waals surface area contributed by atoms with Crippen LogP contribution in [0, 0.1) is 0 Å². The summed E-state index contributed by atoms with van der Waals surface area (Å²) < 4.78 is 0. The lowest BCUT2D eigenvalue weighted by Gasteiger charge is -2.27. The van der Waals surface area contributed by atoms with Crippen LogP contribution in [0.5, 0.6) is 0 Å². The van der Waals surface area contributed by atoms with E-state index >= 15 is 0 Å². The Hall–Kier alpha value is -1.07. The summed E-state index contributed by atoms with van der Waals surface area (Å²) in [6.07, 6.45) is 0. The van der Waals surface area contributed by atoms with E-state index in [0.717, 1.165) is 17.4 Å². The van der Waals surface area contributed by atoms with Crippen molar-refractivity contribution in [2.75, 3.05) is 0 Å². The molecular formula is C14H22O3SSi. The van der Waals surface area contributed by atoms with Gasteiger partial charge in [0.15, 0.2) is 0 Å². The minimum absolute atomic E-state index is 0.103. The molecule has 1 aromatic carbocycles. The molecule has 0 aliphatic heterocycles. The van der Waals surface area contributed by atoms with Gasteiger partial charge in [0.25, 0.3) is 5.97 Å². The molecule has 0 bridgehead atoms. The Balaban J connectivity index is 0.000000711. The van der Waals surface area contributed by atoms with Crippen LogP contribution in [0.4, 0.5) is 0 Å². The largest absolute Gasteiger partial charge is 0.481 e. The molecule has 5 heteroatoms. The van der Waals surface area contributed by atoms with Crippen LogP contribution < -0.4 is 0 Å². The van der Waals surface area contributed by atoms with E-state index in [1.165, 1.54) is 0 Å². The Bertz CT molecular complexity index is 431. The van der Waals surface area contributed by atoms with E-state index in [-0.39, 0.29) is 11.3 Å². The zero-order chi connectivity index (χ0) is 15.2. The molecule has 0 aromatic heterocycles. The molecule has 0 saturated carbocycles. The maximum absolute atomic E-state index is 11.7. The number of benzene rings is 1. The molecular weight excluding hydrogens is 276 g/mol. The van der Waals surface area contributed by atoms with Crippen molar-refractivity contribution in [1.82, 2.24) is 0 Å². The summed E-state index contributed by atoms with van der Waals surface area (Å²) in [5, 5.41) is 7.42. The number of hydrogen-bond acceptors (Lipinski definition) is 3. The molecule has 0 aliphatic carbocycles. The summed E-state index contributed by atoms with van der Waals surface area (Å²) in [6.45, 7) is 9.46. The van der Waals surface area contributed by atoms with E-state index in [1.807, 2.05) is 24.3 Å². The molecule has 0 spiro atoms.